The van der Waals surface area contributed by atoms with Crippen LogP contribution in [0.4, 0.5) is 10.7 Å². The molecule has 1 aromatic heterocycles. The van der Waals surface area contributed by atoms with Crippen LogP contribution in [-0.4, -0.2) is 41.7 Å². The number of carbonyl (C=O) groups excluding carboxylic acids is 2. The fraction of sp³-hybridized carbons (Fsp3) is 0.267. The number of hydrogen-bond donors (Lipinski definition) is 2. The normalized spacial score (nSPS) is 10.4. The van der Waals surface area contributed by atoms with E-state index in [2.05, 4.69) is 15.0 Å². The fourth-order valence-electron chi connectivity index (χ4n) is 2.04. The lowest BCUT2D eigenvalue weighted by Crippen LogP contribution is -2.35. The molecule has 2 aromatic rings. The van der Waals surface area contributed by atoms with E-state index in [4.69, 9.17) is 23.2 Å². The number of benzene rings is 1. The van der Waals surface area contributed by atoms with Crippen LogP contribution in [0.25, 0.3) is 0 Å². The van der Waals surface area contributed by atoms with Crippen LogP contribution < -0.4 is 10.6 Å². The number of nitrogens with zero attached hydrogens (tertiary/aromatic N) is 2. The van der Waals surface area contributed by atoms with Crippen LogP contribution in [0.1, 0.15) is 16.1 Å². The van der Waals surface area contributed by atoms with Gasteiger partial charge in [-0.15, -0.1) is 0 Å². The molecule has 2 amide bonds. The van der Waals surface area contributed by atoms with Gasteiger partial charge in [0.05, 0.1) is 27.8 Å². The molecule has 2 rings (SSSR count). The maximum atomic E-state index is 12.5. The molecule has 2 N–H and O–H groups in total. The number of aryl methyl sites for hydroxylation is 1. The van der Waals surface area contributed by atoms with E-state index >= 15 is 0 Å². The molecular weight excluding hydrogens is 371 g/mol. The smallest absolute Gasteiger partial charge is 0.258 e. The molecule has 0 radical (unpaired) electrons. The van der Waals surface area contributed by atoms with Crippen molar-refractivity contribution in [3.05, 3.63) is 39.5 Å². The second-order valence-corrected chi connectivity index (χ2v) is 6.65. The highest BCUT2D eigenvalue weighted by molar-refractivity contribution is 7.10. The van der Waals surface area contributed by atoms with Crippen molar-refractivity contribution in [2.45, 2.75) is 6.92 Å². The largest absolute Gasteiger partial charge is 0.378 e. The SMILES string of the molecule is CNc1snc(C)c1C(=O)N(C)CC(=O)Nc1ccc(Cl)c(Cl)c1. The van der Waals surface area contributed by atoms with Crippen molar-refractivity contribution in [3.63, 3.8) is 0 Å². The third-order valence-electron chi connectivity index (χ3n) is 3.23. The fourth-order valence-corrected chi connectivity index (χ4v) is 3.08. The molecule has 1 heterocycles. The van der Waals surface area contributed by atoms with Gasteiger partial charge in [0.1, 0.15) is 5.00 Å². The Kier molecular flexibility index (Phi) is 6.04. The Labute approximate surface area is 153 Å². The van der Waals surface area contributed by atoms with E-state index in [0.717, 1.165) is 0 Å². The topological polar surface area (TPSA) is 74.3 Å². The Morgan fingerprint density at radius 2 is 2.00 bits per heavy atom. The molecule has 9 heteroatoms. The number of carbonyl (C=O) groups is 2. The molecule has 0 saturated carbocycles. The van der Waals surface area contributed by atoms with Gasteiger partial charge in [0.2, 0.25) is 5.91 Å². The highest BCUT2D eigenvalue weighted by Gasteiger charge is 2.22. The van der Waals surface area contributed by atoms with Crippen LogP contribution in [0, 0.1) is 6.92 Å². The van der Waals surface area contributed by atoms with Gasteiger partial charge in [-0.3, -0.25) is 9.59 Å². The van der Waals surface area contributed by atoms with Crippen LogP contribution in [0.2, 0.25) is 10.0 Å². The van der Waals surface area contributed by atoms with Gasteiger partial charge in [-0.1, -0.05) is 23.2 Å². The number of rotatable bonds is 5. The Hall–Kier alpha value is -1.83. The standard InChI is InChI=1S/C15H16Cl2N4O2S/c1-8-13(14(18-2)24-20-8)15(23)21(3)7-12(22)19-9-4-5-10(16)11(17)6-9/h4-6,18H,7H2,1-3H3,(H,19,22). The molecule has 1 aromatic carbocycles. The van der Waals surface area contributed by atoms with E-state index in [1.807, 2.05) is 0 Å². The van der Waals surface area contributed by atoms with Gasteiger partial charge in [-0.05, 0) is 36.7 Å². The Balaban J connectivity index is 2.04. The van der Waals surface area contributed by atoms with Gasteiger partial charge >= 0.3 is 0 Å². The quantitative estimate of drug-likeness (QED) is 0.824. The van der Waals surface area contributed by atoms with E-state index in [1.54, 1.807) is 39.2 Å². The van der Waals surface area contributed by atoms with Gasteiger partial charge in [0, 0.05) is 19.8 Å². The van der Waals surface area contributed by atoms with Gasteiger partial charge in [0.25, 0.3) is 5.91 Å². The summed E-state index contributed by atoms with van der Waals surface area (Å²) in [7, 11) is 3.29. The lowest BCUT2D eigenvalue weighted by molar-refractivity contribution is -0.116. The average molecular weight is 387 g/mol. The second-order valence-electron chi connectivity index (χ2n) is 5.06. The zero-order valence-corrected chi connectivity index (χ0v) is 15.6. The minimum atomic E-state index is -0.337. The average Bonchev–Trinajstić information content (AvgIpc) is 2.90. The van der Waals surface area contributed by atoms with Crippen molar-refractivity contribution >= 4 is 57.2 Å². The summed E-state index contributed by atoms with van der Waals surface area (Å²) >= 11 is 13.0. The number of anilines is 2. The van der Waals surface area contributed by atoms with Crippen LogP contribution >= 0.6 is 34.7 Å². The lowest BCUT2D eigenvalue weighted by atomic mass is 10.2. The molecule has 0 bridgehead atoms. The van der Waals surface area contributed by atoms with Crippen molar-refractivity contribution in [3.8, 4) is 0 Å². The summed E-state index contributed by atoms with van der Waals surface area (Å²) in [5.41, 5.74) is 1.62. The summed E-state index contributed by atoms with van der Waals surface area (Å²) in [5, 5.41) is 7.04. The first-order valence-corrected chi connectivity index (χ1v) is 8.50. The van der Waals surface area contributed by atoms with Crippen molar-refractivity contribution < 1.29 is 9.59 Å². The third kappa shape index (κ3) is 4.17. The molecule has 0 atom stereocenters. The van der Waals surface area contributed by atoms with Crippen molar-refractivity contribution in [1.82, 2.24) is 9.27 Å². The predicted molar refractivity (Wildman–Crippen MR) is 98.4 cm³/mol. The Morgan fingerprint density at radius 1 is 1.29 bits per heavy atom. The van der Waals surface area contributed by atoms with E-state index in [-0.39, 0.29) is 18.4 Å². The monoisotopic (exact) mass is 386 g/mol. The third-order valence-corrected chi connectivity index (χ3v) is 4.93. The highest BCUT2D eigenvalue weighted by atomic mass is 35.5. The van der Waals surface area contributed by atoms with Crippen LogP contribution in [-0.2, 0) is 4.79 Å². The highest BCUT2D eigenvalue weighted by Crippen LogP contribution is 2.26. The molecule has 0 aliphatic carbocycles. The molecule has 0 fully saturated rings. The first kappa shape index (κ1) is 18.5. The first-order chi connectivity index (χ1) is 11.3. The van der Waals surface area contributed by atoms with E-state index in [9.17, 15) is 9.59 Å². The summed E-state index contributed by atoms with van der Waals surface area (Å²) in [4.78, 5) is 26.0. The minimum absolute atomic E-state index is 0.0997. The van der Waals surface area contributed by atoms with Gasteiger partial charge in [-0.2, -0.15) is 4.37 Å². The summed E-state index contributed by atoms with van der Waals surface area (Å²) in [6, 6.07) is 4.78. The van der Waals surface area contributed by atoms with Gasteiger partial charge < -0.3 is 15.5 Å². The molecule has 0 aliphatic rings. The van der Waals surface area contributed by atoms with Crippen molar-refractivity contribution in [2.24, 2.45) is 0 Å². The minimum Gasteiger partial charge on any atom is -0.378 e. The van der Waals surface area contributed by atoms with Crippen LogP contribution in [0.3, 0.4) is 0 Å². The number of hydrogen-bond acceptors (Lipinski definition) is 5. The summed E-state index contributed by atoms with van der Waals surface area (Å²) in [5.74, 6) is -0.606. The van der Waals surface area contributed by atoms with E-state index in [1.165, 1.54) is 16.4 Å². The van der Waals surface area contributed by atoms with Gasteiger partial charge in [0.15, 0.2) is 0 Å². The maximum absolute atomic E-state index is 12.5. The molecular formula is C15H16Cl2N4O2S. The molecule has 24 heavy (non-hydrogen) atoms. The van der Waals surface area contributed by atoms with E-state index < -0.39 is 0 Å². The number of halogens is 2. The van der Waals surface area contributed by atoms with Crippen molar-refractivity contribution in [2.75, 3.05) is 31.3 Å². The van der Waals surface area contributed by atoms with Crippen LogP contribution in [0.5, 0.6) is 0 Å². The summed E-state index contributed by atoms with van der Waals surface area (Å²) in [6.07, 6.45) is 0. The molecule has 0 aliphatic heterocycles. The number of aromatic nitrogens is 1. The number of likely N-dealkylation sites (N-methyl/N-ethyl adjacent to an activating group) is 1. The van der Waals surface area contributed by atoms with Crippen LogP contribution in [0.15, 0.2) is 18.2 Å². The zero-order valence-electron chi connectivity index (χ0n) is 13.3. The lowest BCUT2D eigenvalue weighted by Gasteiger charge is -2.17. The zero-order chi connectivity index (χ0) is 17.9. The second kappa shape index (κ2) is 7.83. The van der Waals surface area contributed by atoms with Crippen molar-refractivity contribution in [1.29, 1.82) is 0 Å². The number of amides is 2. The molecule has 0 saturated heterocycles. The first-order valence-electron chi connectivity index (χ1n) is 6.98. The molecule has 6 nitrogen and oxygen atoms in total. The summed E-state index contributed by atoms with van der Waals surface area (Å²) in [6.45, 7) is 1.66. The van der Waals surface area contributed by atoms with E-state index in [0.29, 0.717) is 32.0 Å². The Bertz CT molecular complexity index is 779. The Morgan fingerprint density at radius 3 is 2.62 bits per heavy atom. The summed E-state index contributed by atoms with van der Waals surface area (Å²) < 4.78 is 4.16. The van der Waals surface area contributed by atoms with Gasteiger partial charge in [-0.25, -0.2) is 0 Å². The predicted octanol–water partition coefficient (Wildman–Crippen LogP) is 3.51. The molecule has 0 spiro atoms. The number of nitrogens with one attached hydrogen (secondary N) is 2. The molecule has 0 unspecified atom stereocenters. The maximum Gasteiger partial charge on any atom is 0.258 e. The molecule has 128 valence electrons.